The molecule has 10 heteroatoms. The zero-order valence-electron chi connectivity index (χ0n) is 13.6. The molecule has 0 radical (unpaired) electrons. The maximum absolute atomic E-state index is 13.2. The van der Waals surface area contributed by atoms with Gasteiger partial charge in [0.15, 0.2) is 5.82 Å². The minimum Gasteiger partial charge on any atom is -0.481 e. The summed E-state index contributed by atoms with van der Waals surface area (Å²) < 4.78 is 53.4. The standard InChI is InChI=1S/C15H17F2N3O4S/c1-7-11(12(7)14(21)22)9-3-4-10-13(18-9)19(2)25(23,24)20(10)6-8-5-15(8,16)17/h3-4,7-8,11-12H,5-6H2,1-2H3,(H,21,22). The minimum absolute atomic E-state index is 0.0763. The Kier molecular flexibility index (Phi) is 3.17. The van der Waals surface area contributed by atoms with E-state index in [0.717, 1.165) is 8.61 Å². The van der Waals surface area contributed by atoms with Crippen LogP contribution in [0.25, 0.3) is 0 Å². The first kappa shape index (κ1) is 16.5. The number of carboxylic acids is 1. The van der Waals surface area contributed by atoms with E-state index in [1.807, 2.05) is 0 Å². The molecule has 2 heterocycles. The number of aromatic nitrogens is 1. The van der Waals surface area contributed by atoms with Crippen molar-refractivity contribution >= 4 is 27.7 Å². The van der Waals surface area contributed by atoms with Crippen LogP contribution in [0.2, 0.25) is 0 Å². The number of hydrogen-bond donors (Lipinski definition) is 1. The van der Waals surface area contributed by atoms with Gasteiger partial charge < -0.3 is 5.11 Å². The topological polar surface area (TPSA) is 90.8 Å². The van der Waals surface area contributed by atoms with Crippen LogP contribution in [0.5, 0.6) is 0 Å². The Labute approximate surface area is 143 Å². The number of pyridine rings is 1. The van der Waals surface area contributed by atoms with Gasteiger partial charge in [-0.3, -0.25) is 4.79 Å². The summed E-state index contributed by atoms with van der Waals surface area (Å²) >= 11 is 0. The van der Waals surface area contributed by atoms with Crippen molar-refractivity contribution in [1.29, 1.82) is 0 Å². The third-order valence-electron chi connectivity index (χ3n) is 5.42. The lowest BCUT2D eigenvalue weighted by Gasteiger charge is -2.18. The van der Waals surface area contributed by atoms with E-state index in [2.05, 4.69) is 4.98 Å². The van der Waals surface area contributed by atoms with Crippen LogP contribution in [-0.2, 0) is 15.0 Å². The lowest BCUT2D eigenvalue weighted by molar-refractivity contribution is -0.138. The number of carboxylic acid groups (broad SMARTS) is 1. The number of fused-ring (bicyclic) bond motifs is 1. The molecule has 0 spiro atoms. The van der Waals surface area contributed by atoms with Crippen LogP contribution in [0.3, 0.4) is 0 Å². The quantitative estimate of drug-likeness (QED) is 0.867. The van der Waals surface area contributed by atoms with Gasteiger partial charge in [0.1, 0.15) is 0 Å². The Morgan fingerprint density at radius 3 is 2.60 bits per heavy atom. The maximum atomic E-state index is 13.2. The molecule has 0 amide bonds. The zero-order chi connectivity index (χ0) is 18.3. The molecular weight excluding hydrogens is 356 g/mol. The SMILES string of the molecule is CC1C(C(=O)O)C1c1ccc2c(n1)N(C)S(=O)(=O)N2CC1CC1(F)F. The second kappa shape index (κ2) is 4.80. The van der Waals surface area contributed by atoms with Gasteiger partial charge in [0.2, 0.25) is 0 Å². The van der Waals surface area contributed by atoms with E-state index in [0.29, 0.717) is 5.69 Å². The molecule has 7 nitrogen and oxygen atoms in total. The highest BCUT2D eigenvalue weighted by atomic mass is 32.2. The number of rotatable bonds is 4. The number of anilines is 2. The first-order chi connectivity index (χ1) is 11.6. The zero-order valence-corrected chi connectivity index (χ0v) is 14.4. The normalized spacial score (nSPS) is 33.9. The van der Waals surface area contributed by atoms with E-state index in [1.165, 1.54) is 13.1 Å². The molecule has 0 saturated heterocycles. The highest BCUT2D eigenvalue weighted by molar-refractivity contribution is 7.94. The summed E-state index contributed by atoms with van der Waals surface area (Å²) in [7, 11) is -2.62. The highest BCUT2D eigenvalue weighted by Crippen LogP contribution is 2.55. The predicted molar refractivity (Wildman–Crippen MR) is 85.0 cm³/mol. The van der Waals surface area contributed by atoms with Gasteiger partial charge in [0.05, 0.1) is 11.6 Å². The van der Waals surface area contributed by atoms with Crippen molar-refractivity contribution in [3.8, 4) is 0 Å². The van der Waals surface area contributed by atoms with E-state index in [9.17, 15) is 22.0 Å². The molecular formula is C15H17F2N3O4S. The molecule has 4 atom stereocenters. The van der Waals surface area contributed by atoms with Crippen molar-refractivity contribution in [3.05, 3.63) is 17.8 Å². The van der Waals surface area contributed by atoms with Gasteiger partial charge in [-0.2, -0.15) is 8.42 Å². The Morgan fingerprint density at radius 2 is 2.08 bits per heavy atom. The second-order valence-corrected chi connectivity index (χ2v) is 8.88. The molecule has 2 fully saturated rings. The van der Waals surface area contributed by atoms with Crippen LogP contribution in [0.4, 0.5) is 20.3 Å². The van der Waals surface area contributed by atoms with E-state index < -0.39 is 33.9 Å². The van der Waals surface area contributed by atoms with Gasteiger partial charge in [0, 0.05) is 37.5 Å². The fourth-order valence-electron chi connectivity index (χ4n) is 3.60. The van der Waals surface area contributed by atoms with Crippen molar-refractivity contribution in [2.24, 2.45) is 17.8 Å². The second-order valence-electron chi connectivity index (χ2n) is 7.00. The van der Waals surface area contributed by atoms with E-state index in [1.54, 1.807) is 13.0 Å². The van der Waals surface area contributed by atoms with Crippen LogP contribution < -0.4 is 8.61 Å². The molecule has 0 bridgehead atoms. The van der Waals surface area contributed by atoms with Gasteiger partial charge in [-0.15, -0.1) is 0 Å². The fraction of sp³-hybridized carbons (Fsp3) is 0.600. The average molecular weight is 373 g/mol. The van der Waals surface area contributed by atoms with Crippen LogP contribution >= 0.6 is 0 Å². The molecule has 1 aromatic heterocycles. The third kappa shape index (κ3) is 2.30. The van der Waals surface area contributed by atoms with E-state index >= 15 is 0 Å². The highest BCUT2D eigenvalue weighted by Gasteiger charge is 2.59. The number of halogens is 2. The summed E-state index contributed by atoms with van der Waals surface area (Å²) in [5.41, 5.74) is 0.772. The molecule has 25 heavy (non-hydrogen) atoms. The maximum Gasteiger partial charge on any atom is 0.327 e. The number of hydrogen-bond acceptors (Lipinski definition) is 4. The molecule has 2 aliphatic carbocycles. The predicted octanol–water partition coefficient (Wildman–Crippen LogP) is 1.67. The van der Waals surface area contributed by atoms with Crippen LogP contribution in [0, 0.1) is 17.8 Å². The van der Waals surface area contributed by atoms with Gasteiger partial charge in [-0.1, -0.05) is 6.92 Å². The lowest BCUT2D eigenvalue weighted by Crippen LogP contribution is -2.37. The first-order valence-corrected chi connectivity index (χ1v) is 9.33. The first-order valence-electron chi connectivity index (χ1n) is 7.94. The Morgan fingerprint density at radius 1 is 1.44 bits per heavy atom. The molecule has 4 unspecified atom stereocenters. The van der Waals surface area contributed by atoms with E-state index in [-0.39, 0.29) is 36.3 Å². The molecule has 4 rings (SSSR count). The van der Waals surface area contributed by atoms with Crippen LogP contribution in [0.15, 0.2) is 12.1 Å². The van der Waals surface area contributed by atoms with Gasteiger partial charge >= 0.3 is 16.2 Å². The fourth-order valence-corrected chi connectivity index (χ4v) is 5.01. The van der Waals surface area contributed by atoms with Crippen LogP contribution in [-0.4, -0.2) is 44.0 Å². The summed E-state index contributed by atoms with van der Waals surface area (Å²) in [6.07, 6.45) is -0.316. The van der Waals surface area contributed by atoms with Crippen molar-refractivity contribution in [2.75, 3.05) is 22.2 Å². The lowest BCUT2D eigenvalue weighted by atomic mass is 10.2. The van der Waals surface area contributed by atoms with Gasteiger partial charge in [0.25, 0.3) is 5.92 Å². The van der Waals surface area contributed by atoms with Gasteiger partial charge in [-0.25, -0.2) is 22.4 Å². The van der Waals surface area contributed by atoms with E-state index in [4.69, 9.17) is 5.11 Å². The van der Waals surface area contributed by atoms with Crippen molar-refractivity contribution < 1.29 is 27.1 Å². The third-order valence-corrected chi connectivity index (χ3v) is 7.18. The molecule has 1 N–H and O–H groups in total. The molecule has 1 aliphatic heterocycles. The summed E-state index contributed by atoms with van der Waals surface area (Å²) in [6, 6.07) is 3.12. The molecule has 136 valence electrons. The smallest absolute Gasteiger partial charge is 0.327 e. The Balaban J connectivity index is 1.67. The molecule has 2 saturated carbocycles. The Hall–Kier alpha value is -1.97. The molecule has 0 aromatic carbocycles. The number of nitrogens with zero attached hydrogens (tertiary/aromatic N) is 3. The number of aliphatic carboxylic acids is 1. The molecule has 3 aliphatic rings. The number of alkyl halides is 2. The monoisotopic (exact) mass is 373 g/mol. The summed E-state index contributed by atoms with van der Waals surface area (Å²) in [5, 5.41) is 9.17. The average Bonchev–Trinajstić information content (AvgIpc) is 3.35. The number of carbonyl (C=O) groups is 1. The summed E-state index contributed by atoms with van der Waals surface area (Å²) in [6.45, 7) is 1.52. The van der Waals surface area contributed by atoms with Crippen molar-refractivity contribution in [2.45, 2.75) is 25.2 Å². The largest absolute Gasteiger partial charge is 0.481 e. The summed E-state index contributed by atoms with van der Waals surface area (Å²) in [5.74, 6) is -5.42. The minimum atomic E-state index is -3.94. The van der Waals surface area contributed by atoms with Crippen molar-refractivity contribution in [3.63, 3.8) is 0 Å². The van der Waals surface area contributed by atoms with Gasteiger partial charge in [-0.05, 0) is 18.1 Å². The Bertz CT molecular complexity index is 876. The van der Waals surface area contributed by atoms with Crippen LogP contribution in [0.1, 0.15) is 25.0 Å². The molecule has 1 aromatic rings. The summed E-state index contributed by atoms with van der Waals surface area (Å²) in [4.78, 5) is 15.5. The van der Waals surface area contributed by atoms with Crippen molar-refractivity contribution in [1.82, 2.24) is 4.98 Å².